The summed E-state index contributed by atoms with van der Waals surface area (Å²) in [6, 6.07) is 8.41. The second-order valence-electron chi connectivity index (χ2n) is 4.77. The number of piperazine rings is 1. The Morgan fingerprint density at radius 2 is 1.95 bits per heavy atom. The van der Waals surface area contributed by atoms with E-state index < -0.39 is 0 Å². The van der Waals surface area contributed by atoms with Crippen LogP contribution >= 0.6 is 15.9 Å². The maximum absolute atomic E-state index is 8.56. The lowest BCUT2D eigenvalue weighted by Crippen LogP contribution is -2.48. The Morgan fingerprint density at radius 1 is 1.26 bits per heavy atom. The van der Waals surface area contributed by atoms with Crippen LogP contribution in [0.5, 0.6) is 0 Å². The number of nitrogens with two attached hydrogens (primary N) is 1. The zero-order valence-corrected chi connectivity index (χ0v) is 12.4. The maximum Gasteiger partial charge on any atom is 0.153 e. The van der Waals surface area contributed by atoms with Gasteiger partial charge in [0.05, 0.1) is 6.54 Å². The molecule has 1 aromatic rings. The molecule has 104 valence electrons. The third kappa shape index (κ3) is 4.49. The zero-order valence-electron chi connectivity index (χ0n) is 10.8. The van der Waals surface area contributed by atoms with E-state index in [1.165, 1.54) is 5.56 Å². The minimum Gasteiger partial charge on any atom is -0.409 e. The fourth-order valence-electron chi connectivity index (χ4n) is 2.26. The molecule has 6 heteroatoms. The van der Waals surface area contributed by atoms with Crippen molar-refractivity contribution in [3.05, 3.63) is 34.3 Å². The Labute approximate surface area is 121 Å². The largest absolute Gasteiger partial charge is 0.409 e. The zero-order chi connectivity index (χ0) is 13.7. The summed E-state index contributed by atoms with van der Waals surface area (Å²) in [6.45, 7) is 5.42. The monoisotopic (exact) mass is 326 g/mol. The third-order valence-corrected chi connectivity index (χ3v) is 3.77. The summed E-state index contributed by atoms with van der Waals surface area (Å²) in [5, 5.41) is 11.6. The van der Waals surface area contributed by atoms with Crippen LogP contribution in [0, 0.1) is 0 Å². The number of hydrogen-bond donors (Lipinski definition) is 2. The molecule has 1 fully saturated rings. The van der Waals surface area contributed by atoms with Gasteiger partial charge in [-0.25, -0.2) is 0 Å². The predicted octanol–water partition coefficient (Wildman–Crippen LogP) is 1.31. The lowest BCUT2D eigenvalue weighted by Gasteiger charge is -2.34. The molecule has 19 heavy (non-hydrogen) atoms. The van der Waals surface area contributed by atoms with Crippen molar-refractivity contribution >= 4 is 21.8 Å². The van der Waals surface area contributed by atoms with E-state index >= 15 is 0 Å². The highest BCUT2D eigenvalue weighted by Crippen LogP contribution is 2.14. The number of halogens is 1. The van der Waals surface area contributed by atoms with Crippen LogP contribution in [0.1, 0.15) is 5.56 Å². The van der Waals surface area contributed by atoms with Gasteiger partial charge in [-0.05, 0) is 17.7 Å². The van der Waals surface area contributed by atoms with E-state index in [4.69, 9.17) is 10.9 Å². The fourth-order valence-corrected chi connectivity index (χ4v) is 2.71. The summed E-state index contributed by atoms with van der Waals surface area (Å²) in [6.07, 6.45) is 0. The summed E-state index contributed by atoms with van der Waals surface area (Å²) in [5.74, 6) is 0.278. The third-order valence-electron chi connectivity index (χ3n) is 3.27. The molecule has 0 spiro atoms. The summed E-state index contributed by atoms with van der Waals surface area (Å²) in [4.78, 5) is 4.62. The molecule has 1 aliphatic rings. The van der Waals surface area contributed by atoms with Gasteiger partial charge in [0.25, 0.3) is 0 Å². The first-order valence-corrected chi connectivity index (χ1v) is 7.12. The average molecular weight is 327 g/mol. The van der Waals surface area contributed by atoms with E-state index in [2.05, 4.69) is 49.1 Å². The van der Waals surface area contributed by atoms with E-state index in [0.29, 0.717) is 6.54 Å². The second kappa shape index (κ2) is 6.88. The minimum atomic E-state index is 0.278. The van der Waals surface area contributed by atoms with Gasteiger partial charge >= 0.3 is 0 Å². The molecule has 1 aliphatic heterocycles. The van der Waals surface area contributed by atoms with Gasteiger partial charge in [0.2, 0.25) is 0 Å². The Balaban J connectivity index is 1.80. The second-order valence-corrected chi connectivity index (χ2v) is 5.69. The van der Waals surface area contributed by atoms with E-state index in [1.54, 1.807) is 0 Å². The number of hydrogen-bond acceptors (Lipinski definition) is 4. The topological polar surface area (TPSA) is 65.1 Å². The van der Waals surface area contributed by atoms with Crippen molar-refractivity contribution in [2.24, 2.45) is 10.9 Å². The van der Waals surface area contributed by atoms with Gasteiger partial charge in [-0.15, -0.1) is 0 Å². The van der Waals surface area contributed by atoms with Crippen molar-refractivity contribution in [2.75, 3.05) is 32.7 Å². The van der Waals surface area contributed by atoms with Crippen LogP contribution in [0.3, 0.4) is 0 Å². The quantitative estimate of drug-likeness (QED) is 0.379. The van der Waals surface area contributed by atoms with E-state index in [-0.39, 0.29) is 5.84 Å². The smallest absolute Gasteiger partial charge is 0.153 e. The van der Waals surface area contributed by atoms with Crippen molar-refractivity contribution in [3.63, 3.8) is 0 Å². The molecular formula is C13H19BrN4O. The minimum absolute atomic E-state index is 0.278. The number of benzene rings is 1. The molecule has 2 rings (SSSR count). The van der Waals surface area contributed by atoms with Crippen LogP contribution in [0.4, 0.5) is 0 Å². The van der Waals surface area contributed by atoms with E-state index in [0.717, 1.165) is 37.2 Å². The first-order valence-electron chi connectivity index (χ1n) is 6.33. The maximum atomic E-state index is 8.56. The van der Waals surface area contributed by atoms with Gasteiger partial charge in [-0.1, -0.05) is 33.2 Å². The van der Waals surface area contributed by atoms with Gasteiger partial charge in [0.1, 0.15) is 0 Å². The number of amidine groups is 1. The lowest BCUT2D eigenvalue weighted by atomic mass is 10.2. The van der Waals surface area contributed by atoms with Crippen LogP contribution < -0.4 is 5.73 Å². The Hall–Kier alpha value is -1.11. The first-order chi connectivity index (χ1) is 9.17. The molecule has 0 aromatic heterocycles. The first kappa shape index (κ1) is 14.3. The molecule has 5 nitrogen and oxygen atoms in total. The van der Waals surface area contributed by atoms with Gasteiger partial charge in [0, 0.05) is 37.2 Å². The molecular weight excluding hydrogens is 308 g/mol. The Kier molecular flexibility index (Phi) is 5.18. The molecule has 0 unspecified atom stereocenters. The summed E-state index contributed by atoms with van der Waals surface area (Å²) < 4.78 is 1.12. The highest BCUT2D eigenvalue weighted by molar-refractivity contribution is 9.10. The fraction of sp³-hybridized carbons (Fsp3) is 0.462. The molecule has 1 heterocycles. The van der Waals surface area contributed by atoms with Crippen molar-refractivity contribution in [1.29, 1.82) is 0 Å². The highest BCUT2D eigenvalue weighted by atomic mass is 79.9. The van der Waals surface area contributed by atoms with Crippen LogP contribution in [0.15, 0.2) is 33.9 Å². The normalized spacial score (nSPS) is 18.7. The molecule has 0 radical (unpaired) electrons. The van der Waals surface area contributed by atoms with Crippen molar-refractivity contribution < 1.29 is 5.21 Å². The number of oxime groups is 1. The molecule has 0 aliphatic carbocycles. The number of nitrogens with zero attached hydrogens (tertiary/aromatic N) is 3. The molecule has 1 aromatic carbocycles. The Morgan fingerprint density at radius 3 is 2.58 bits per heavy atom. The van der Waals surface area contributed by atoms with Crippen LogP contribution in [-0.4, -0.2) is 53.6 Å². The molecule has 0 saturated carbocycles. The summed E-state index contributed by atoms with van der Waals surface area (Å²) in [7, 11) is 0. The van der Waals surface area contributed by atoms with Crippen LogP contribution in [0.25, 0.3) is 0 Å². The summed E-state index contributed by atoms with van der Waals surface area (Å²) in [5.41, 5.74) is 6.84. The average Bonchev–Trinajstić information content (AvgIpc) is 2.41. The molecule has 3 N–H and O–H groups in total. The molecule has 0 bridgehead atoms. The molecule has 1 saturated heterocycles. The SMILES string of the molecule is N/C(CN1CCN(Cc2cccc(Br)c2)CC1)=N\O. The molecule has 0 atom stereocenters. The van der Waals surface area contributed by atoms with Crippen molar-refractivity contribution in [1.82, 2.24) is 9.80 Å². The van der Waals surface area contributed by atoms with Crippen molar-refractivity contribution in [2.45, 2.75) is 6.54 Å². The van der Waals surface area contributed by atoms with Crippen LogP contribution in [-0.2, 0) is 6.54 Å². The molecule has 0 amide bonds. The van der Waals surface area contributed by atoms with Gasteiger partial charge in [-0.3, -0.25) is 9.80 Å². The van der Waals surface area contributed by atoms with Crippen molar-refractivity contribution in [3.8, 4) is 0 Å². The highest BCUT2D eigenvalue weighted by Gasteiger charge is 2.17. The van der Waals surface area contributed by atoms with Gasteiger partial charge < -0.3 is 10.9 Å². The summed E-state index contributed by atoms with van der Waals surface area (Å²) >= 11 is 3.49. The lowest BCUT2D eigenvalue weighted by molar-refractivity contribution is 0.139. The standard InChI is InChI=1S/C13H19BrN4O/c14-12-3-1-2-11(8-12)9-17-4-6-18(7-5-17)10-13(15)16-19/h1-3,8,19H,4-7,9-10H2,(H2,15,16). The Bertz CT molecular complexity index is 444. The van der Waals surface area contributed by atoms with Gasteiger partial charge in [0.15, 0.2) is 5.84 Å². The van der Waals surface area contributed by atoms with Gasteiger partial charge in [-0.2, -0.15) is 0 Å². The number of rotatable bonds is 4. The predicted molar refractivity (Wildman–Crippen MR) is 79.3 cm³/mol. The van der Waals surface area contributed by atoms with Crippen LogP contribution in [0.2, 0.25) is 0 Å². The van der Waals surface area contributed by atoms with E-state index in [1.807, 2.05) is 6.07 Å². The van der Waals surface area contributed by atoms with E-state index in [9.17, 15) is 0 Å².